The molecule has 1 saturated carbocycles. The van der Waals surface area contributed by atoms with Crippen LogP contribution in [0.1, 0.15) is 66.2 Å². The Balaban J connectivity index is 1.94. The van der Waals surface area contributed by atoms with Gasteiger partial charge in [-0.05, 0) is 58.1 Å². The van der Waals surface area contributed by atoms with Crippen LogP contribution < -0.4 is 9.57 Å². The number of rotatable bonds is 7. The van der Waals surface area contributed by atoms with E-state index in [0.717, 1.165) is 18.8 Å². The summed E-state index contributed by atoms with van der Waals surface area (Å²) in [7, 11) is 0. The molecule has 2 rings (SSSR count). The monoisotopic (exact) mass is 363 g/mol. The molecule has 0 radical (unpaired) electrons. The second kappa shape index (κ2) is 9.70. The third-order valence-electron chi connectivity index (χ3n) is 4.26. The molecule has 0 N–H and O–H groups in total. The first-order valence-corrected chi connectivity index (χ1v) is 9.78. The normalized spacial score (nSPS) is 15.4. The van der Waals surface area contributed by atoms with Crippen LogP contribution in [0, 0.1) is 5.92 Å². The predicted molar refractivity (Wildman–Crippen MR) is 102 cm³/mol. The van der Waals surface area contributed by atoms with Crippen molar-refractivity contribution in [1.82, 2.24) is 5.06 Å². The van der Waals surface area contributed by atoms with Gasteiger partial charge in [-0.15, -0.1) is 5.06 Å². The Morgan fingerprint density at radius 1 is 1.15 bits per heavy atom. The second-order valence-corrected chi connectivity index (χ2v) is 7.96. The average molecular weight is 363 g/mol. The van der Waals surface area contributed by atoms with Crippen molar-refractivity contribution in [2.45, 2.75) is 71.8 Å². The van der Waals surface area contributed by atoms with Crippen molar-refractivity contribution in [2.24, 2.45) is 5.92 Å². The van der Waals surface area contributed by atoms with Crippen LogP contribution in [-0.2, 0) is 4.74 Å². The average Bonchev–Trinajstić information content (AvgIpc) is 2.59. The maximum Gasteiger partial charge on any atom is 0.443 e. The Morgan fingerprint density at radius 2 is 1.85 bits per heavy atom. The van der Waals surface area contributed by atoms with Crippen LogP contribution in [-0.4, -0.2) is 29.9 Å². The summed E-state index contributed by atoms with van der Waals surface area (Å²) in [6, 6.07) is 7.45. The van der Waals surface area contributed by atoms with Gasteiger partial charge in [0.15, 0.2) is 5.75 Å². The van der Waals surface area contributed by atoms with Crippen molar-refractivity contribution in [3.05, 3.63) is 24.3 Å². The molecule has 1 aromatic rings. The summed E-state index contributed by atoms with van der Waals surface area (Å²) in [6.07, 6.45) is 6.75. The molecule has 1 aromatic carbocycles. The van der Waals surface area contributed by atoms with Crippen LogP contribution in [0.15, 0.2) is 24.3 Å². The molecular weight excluding hydrogens is 330 g/mol. The minimum atomic E-state index is -0.558. The lowest BCUT2D eigenvalue weighted by molar-refractivity contribution is -0.0723. The number of ether oxygens (including phenoxy) is 2. The molecule has 0 aliphatic heterocycles. The fraction of sp³-hybridized carbons (Fsp3) is 0.667. The largest absolute Gasteiger partial charge is 0.493 e. The number of carbonyl (C=O) groups is 1. The number of amides is 1. The van der Waals surface area contributed by atoms with E-state index in [1.807, 2.05) is 52.0 Å². The van der Waals surface area contributed by atoms with Crippen LogP contribution in [0.4, 0.5) is 4.79 Å². The highest BCUT2D eigenvalue weighted by atomic mass is 16.7. The molecule has 0 bridgehead atoms. The molecule has 0 saturated heterocycles. The van der Waals surface area contributed by atoms with Gasteiger partial charge in [0.05, 0.1) is 13.2 Å². The number of hydroxylamine groups is 2. The van der Waals surface area contributed by atoms with E-state index in [1.54, 1.807) is 0 Å². The zero-order chi connectivity index (χ0) is 19.0. The third-order valence-corrected chi connectivity index (χ3v) is 4.26. The van der Waals surface area contributed by atoms with Crippen LogP contribution >= 0.6 is 0 Å². The number of nitrogens with zero attached hydrogens (tertiary/aromatic N) is 1. The first-order chi connectivity index (χ1) is 12.4. The van der Waals surface area contributed by atoms with Crippen molar-refractivity contribution >= 4 is 6.09 Å². The Bertz CT molecular complexity index is 561. The zero-order valence-corrected chi connectivity index (χ0v) is 16.6. The fourth-order valence-electron chi connectivity index (χ4n) is 3.01. The van der Waals surface area contributed by atoms with Gasteiger partial charge >= 0.3 is 6.09 Å². The maximum atomic E-state index is 12.3. The Morgan fingerprint density at radius 3 is 2.50 bits per heavy atom. The van der Waals surface area contributed by atoms with E-state index >= 15 is 0 Å². The molecule has 146 valence electrons. The molecule has 1 amide bonds. The van der Waals surface area contributed by atoms with Gasteiger partial charge in [0.25, 0.3) is 0 Å². The van der Waals surface area contributed by atoms with E-state index in [4.69, 9.17) is 14.3 Å². The zero-order valence-electron chi connectivity index (χ0n) is 16.6. The van der Waals surface area contributed by atoms with Gasteiger partial charge < -0.3 is 14.3 Å². The summed E-state index contributed by atoms with van der Waals surface area (Å²) < 4.78 is 11.4. The second-order valence-electron chi connectivity index (χ2n) is 7.96. The van der Waals surface area contributed by atoms with Crippen molar-refractivity contribution in [1.29, 1.82) is 0 Å². The summed E-state index contributed by atoms with van der Waals surface area (Å²) in [5.41, 5.74) is -0.558. The Hall–Kier alpha value is -1.91. The SMILES string of the molecule is CCCN(Oc1cccc(OCC2CCCCC2)c1)C(=O)OC(C)(C)C. The summed E-state index contributed by atoms with van der Waals surface area (Å²) in [6.45, 7) is 8.72. The van der Waals surface area contributed by atoms with Gasteiger partial charge in [-0.1, -0.05) is 32.3 Å². The molecule has 0 aromatic heterocycles. The predicted octanol–water partition coefficient (Wildman–Crippen LogP) is 5.59. The Labute approximate surface area is 157 Å². The van der Waals surface area contributed by atoms with E-state index in [-0.39, 0.29) is 0 Å². The van der Waals surface area contributed by atoms with E-state index in [0.29, 0.717) is 18.2 Å². The van der Waals surface area contributed by atoms with E-state index in [1.165, 1.54) is 37.2 Å². The van der Waals surface area contributed by atoms with Crippen LogP contribution in [0.3, 0.4) is 0 Å². The number of hydrogen-bond donors (Lipinski definition) is 0. The third kappa shape index (κ3) is 7.14. The lowest BCUT2D eigenvalue weighted by atomic mass is 9.90. The lowest BCUT2D eigenvalue weighted by Crippen LogP contribution is -2.39. The van der Waals surface area contributed by atoms with Gasteiger partial charge in [0.1, 0.15) is 11.4 Å². The molecule has 5 heteroatoms. The van der Waals surface area contributed by atoms with E-state index < -0.39 is 11.7 Å². The van der Waals surface area contributed by atoms with E-state index in [2.05, 4.69) is 0 Å². The molecule has 0 spiro atoms. The van der Waals surface area contributed by atoms with Gasteiger partial charge in [0.2, 0.25) is 0 Å². The molecular formula is C21H33NO4. The minimum Gasteiger partial charge on any atom is -0.493 e. The van der Waals surface area contributed by atoms with Crippen molar-refractivity contribution in [3.63, 3.8) is 0 Å². The standard InChI is InChI=1S/C21H33NO4/c1-5-14-22(20(23)25-21(2,3)4)26-19-13-9-12-18(15-19)24-16-17-10-7-6-8-11-17/h9,12-13,15,17H,5-8,10-11,14,16H2,1-4H3. The minimum absolute atomic E-state index is 0.460. The summed E-state index contributed by atoms with van der Waals surface area (Å²) in [4.78, 5) is 18.1. The van der Waals surface area contributed by atoms with Gasteiger partial charge in [-0.25, -0.2) is 4.79 Å². The molecule has 26 heavy (non-hydrogen) atoms. The van der Waals surface area contributed by atoms with Crippen LogP contribution in [0.2, 0.25) is 0 Å². The molecule has 1 aliphatic rings. The molecule has 1 aliphatic carbocycles. The van der Waals surface area contributed by atoms with E-state index in [9.17, 15) is 4.79 Å². The highest BCUT2D eigenvalue weighted by Crippen LogP contribution is 2.26. The maximum absolute atomic E-state index is 12.3. The van der Waals surface area contributed by atoms with Gasteiger partial charge in [0, 0.05) is 6.07 Å². The highest BCUT2D eigenvalue weighted by Gasteiger charge is 2.23. The molecule has 5 nitrogen and oxygen atoms in total. The first kappa shape index (κ1) is 20.4. The molecule has 0 unspecified atom stereocenters. The van der Waals surface area contributed by atoms with Crippen molar-refractivity contribution in [3.8, 4) is 11.5 Å². The van der Waals surface area contributed by atoms with Gasteiger partial charge in [-0.2, -0.15) is 0 Å². The first-order valence-electron chi connectivity index (χ1n) is 9.78. The number of hydrogen-bond acceptors (Lipinski definition) is 4. The molecule has 1 fully saturated rings. The highest BCUT2D eigenvalue weighted by molar-refractivity contribution is 5.67. The molecule has 0 atom stereocenters. The smallest absolute Gasteiger partial charge is 0.443 e. The van der Waals surface area contributed by atoms with Gasteiger partial charge in [-0.3, -0.25) is 0 Å². The summed E-state index contributed by atoms with van der Waals surface area (Å²) in [5, 5.41) is 1.27. The fourth-order valence-corrected chi connectivity index (χ4v) is 3.01. The van der Waals surface area contributed by atoms with Crippen molar-refractivity contribution < 1.29 is 19.1 Å². The topological polar surface area (TPSA) is 48.0 Å². The summed E-state index contributed by atoms with van der Waals surface area (Å²) in [5.74, 6) is 1.99. The van der Waals surface area contributed by atoms with Crippen LogP contribution in [0.25, 0.3) is 0 Å². The van der Waals surface area contributed by atoms with Crippen LogP contribution in [0.5, 0.6) is 11.5 Å². The Kier molecular flexibility index (Phi) is 7.61. The number of carbonyl (C=O) groups excluding carboxylic acids is 1. The lowest BCUT2D eigenvalue weighted by Gasteiger charge is -2.26. The molecule has 0 heterocycles. The summed E-state index contributed by atoms with van der Waals surface area (Å²) >= 11 is 0. The number of benzene rings is 1. The quantitative estimate of drug-likeness (QED) is 0.593. The van der Waals surface area contributed by atoms with Crippen molar-refractivity contribution in [2.75, 3.05) is 13.2 Å².